The third-order valence-electron chi connectivity index (χ3n) is 3.18. The molecule has 0 amide bonds. The van der Waals surface area contributed by atoms with Crippen LogP contribution in [0.2, 0.25) is 0 Å². The molecule has 0 aromatic carbocycles. The maximum absolute atomic E-state index is 11.2. The Bertz CT molecular complexity index is 379. The summed E-state index contributed by atoms with van der Waals surface area (Å²) in [7, 11) is 0. The van der Waals surface area contributed by atoms with Gasteiger partial charge in [-0.05, 0) is 12.8 Å². The van der Waals surface area contributed by atoms with Gasteiger partial charge in [-0.25, -0.2) is 4.98 Å². The van der Waals surface area contributed by atoms with E-state index in [2.05, 4.69) is 26.2 Å². The molecule has 0 aliphatic heterocycles. The summed E-state index contributed by atoms with van der Waals surface area (Å²) in [6.45, 7) is 6.57. The van der Waals surface area contributed by atoms with Crippen LogP contribution in [0.25, 0.3) is 0 Å². The quantitative estimate of drug-likeness (QED) is 0.746. The highest BCUT2D eigenvalue weighted by molar-refractivity contribution is 7.09. The molecule has 3 heteroatoms. The predicted molar refractivity (Wildman–Crippen MR) is 67.0 cm³/mol. The van der Waals surface area contributed by atoms with Gasteiger partial charge < -0.3 is 0 Å². The maximum atomic E-state index is 11.2. The van der Waals surface area contributed by atoms with Crippen LogP contribution in [-0.4, -0.2) is 10.8 Å². The van der Waals surface area contributed by atoms with Gasteiger partial charge in [0, 0.05) is 29.6 Å². The zero-order valence-electron chi connectivity index (χ0n) is 10.2. The standard InChI is InChI=1S/C13H19NOS/c1-13(2,3)11-8-16-12(14-11)9-4-6-10(15)7-5-9/h8-9H,4-7H2,1-3H3. The summed E-state index contributed by atoms with van der Waals surface area (Å²) in [6.07, 6.45) is 3.48. The number of carbonyl (C=O) groups excluding carboxylic acids is 1. The van der Waals surface area contributed by atoms with E-state index >= 15 is 0 Å². The normalized spacial score (nSPS) is 19.1. The van der Waals surface area contributed by atoms with Gasteiger partial charge in [-0.2, -0.15) is 0 Å². The monoisotopic (exact) mass is 237 g/mol. The molecule has 88 valence electrons. The second-order valence-electron chi connectivity index (χ2n) is 5.63. The van der Waals surface area contributed by atoms with Crippen LogP contribution in [0.4, 0.5) is 0 Å². The van der Waals surface area contributed by atoms with E-state index in [-0.39, 0.29) is 5.41 Å². The van der Waals surface area contributed by atoms with E-state index in [1.54, 1.807) is 11.3 Å². The fourth-order valence-electron chi connectivity index (χ4n) is 2.01. The molecule has 0 atom stereocenters. The molecule has 0 bridgehead atoms. The van der Waals surface area contributed by atoms with Crippen LogP contribution in [0, 0.1) is 0 Å². The van der Waals surface area contributed by atoms with Crippen molar-refractivity contribution in [2.75, 3.05) is 0 Å². The predicted octanol–water partition coefficient (Wildman–Crippen LogP) is 3.67. The zero-order chi connectivity index (χ0) is 11.8. The van der Waals surface area contributed by atoms with Crippen molar-refractivity contribution in [3.05, 3.63) is 16.1 Å². The lowest BCUT2D eigenvalue weighted by molar-refractivity contribution is -0.120. The molecular formula is C13H19NOS. The lowest BCUT2D eigenvalue weighted by Crippen LogP contribution is -2.14. The van der Waals surface area contributed by atoms with Crippen LogP contribution in [0.15, 0.2) is 5.38 Å². The number of thiazole rings is 1. The van der Waals surface area contributed by atoms with Crippen molar-refractivity contribution < 1.29 is 4.79 Å². The number of carbonyl (C=O) groups is 1. The first kappa shape index (κ1) is 11.8. The van der Waals surface area contributed by atoms with Gasteiger partial charge in [0.1, 0.15) is 5.78 Å². The number of nitrogens with zero attached hydrogens (tertiary/aromatic N) is 1. The Hall–Kier alpha value is -0.700. The third kappa shape index (κ3) is 2.51. The minimum atomic E-state index is 0.138. The van der Waals surface area contributed by atoms with Crippen LogP contribution in [0.5, 0.6) is 0 Å². The average molecular weight is 237 g/mol. The summed E-state index contributed by atoms with van der Waals surface area (Å²) >= 11 is 1.76. The van der Waals surface area contributed by atoms with Gasteiger partial charge in [0.05, 0.1) is 10.7 Å². The van der Waals surface area contributed by atoms with Crippen molar-refractivity contribution in [3.63, 3.8) is 0 Å². The Morgan fingerprint density at radius 3 is 2.44 bits per heavy atom. The zero-order valence-corrected chi connectivity index (χ0v) is 11.1. The summed E-state index contributed by atoms with van der Waals surface area (Å²) in [6, 6.07) is 0. The molecule has 1 aromatic heterocycles. The SMILES string of the molecule is CC(C)(C)c1csc(C2CCC(=O)CC2)n1. The summed E-state index contributed by atoms with van der Waals surface area (Å²) in [4.78, 5) is 15.9. The molecular weight excluding hydrogens is 218 g/mol. The van der Waals surface area contributed by atoms with Gasteiger partial charge in [0.15, 0.2) is 0 Å². The van der Waals surface area contributed by atoms with Gasteiger partial charge in [0.25, 0.3) is 0 Å². The van der Waals surface area contributed by atoms with Gasteiger partial charge >= 0.3 is 0 Å². The molecule has 2 rings (SSSR count). The lowest BCUT2D eigenvalue weighted by Gasteiger charge is -2.19. The second kappa shape index (κ2) is 4.28. The number of Topliss-reactive ketones (excluding diaryl/α,β-unsaturated/α-hetero) is 1. The third-order valence-corrected chi connectivity index (χ3v) is 4.19. The highest BCUT2D eigenvalue weighted by atomic mass is 32.1. The van der Waals surface area contributed by atoms with Crippen molar-refractivity contribution in [1.29, 1.82) is 0 Å². The first-order valence-electron chi connectivity index (χ1n) is 5.94. The summed E-state index contributed by atoms with van der Waals surface area (Å²) in [5.74, 6) is 0.947. The first-order chi connectivity index (χ1) is 7.47. The molecule has 1 heterocycles. The Labute approximate surface area is 101 Å². The van der Waals surface area contributed by atoms with E-state index in [1.807, 2.05) is 0 Å². The van der Waals surface area contributed by atoms with Crippen molar-refractivity contribution in [2.24, 2.45) is 0 Å². The topological polar surface area (TPSA) is 30.0 Å². The van der Waals surface area contributed by atoms with Crippen LogP contribution in [0.1, 0.15) is 63.1 Å². The van der Waals surface area contributed by atoms with E-state index in [0.29, 0.717) is 11.7 Å². The minimum absolute atomic E-state index is 0.138. The molecule has 1 aliphatic carbocycles. The van der Waals surface area contributed by atoms with E-state index in [0.717, 1.165) is 25.7 Å². The van der Waals surface area contributed by atoms with Crippen molar-refractivity contribution in [2.45, 2.75) is 57.8 Å². The molecule has 16 heavy (non-hydrogen) atoms. The molecule has 1 aromatic rings. The molecule has 0 unspecified atom stereocenters. The van der Waals surface area contributed by atoms with Gasteiger partial charge in [0.2, 0.25) is 0 Å². The van der Waals surface area contributed by atoms with Gasteiger partial charge in [-0.1, -0.05) is 20.8 Å². The van der Waals surface area contributed by atoms with E-state index in [1.165, 1.54) is 10.7 Å². The van der Waals surface area contributed by atoms with E-state index in [4.69, 9.17) is 4.98 Å². The van der Waals surface area contributed by atoms with Crippen molar-refractivity contribution in [1.82, 2.24) is 4.98 Å². The Morgan fingerprint density at radius 1 is 1.31 bits per heavy atom. The highest BCUT2D eigenvalue weighted by Crippen LogP contribution is 2.35. The van der Waals surface area contributed by atoms with Gasteiger partial charge in [-0.15, -0.1) is 11.3 Å². The van der Waals surface area contributed by atoms with E-state index < -0.39 is 0 Å². The molecule has 0 N–H and O–H groups in total. The van der Waals surface area contributed by atoms with Crippen LogP contribution in [0.3, 0.4) is 0 Å². The smallest absolute Gasteiger partial charge is 0.132 e. The number of hydrogen-bond acceptors (Lipinski definition) is 3. The Kier molecular flexibility index (Phi) is 3.15. The van der Waals surface area contributed by atoms with Crippen LogP contribution < -0.4 is 0 Å². The fourth-order valence-corrected chi connectivity index (χ4v) is 3.22. The molecule has 0 radical (unpaired) electrons. The lowest BCUT2D eigenvalue weighted by atomic mass is 9.88. The average Bonchev–Trinajstić information content (AvgIpc) is 2.67. The number of hydrogen-bond donors (Lipinski definition) is 0. The fraction of sp³-hybridized carbons (Fsp3) is 0.692. The molecule has 1 saturated carbocycles. The van der Waals surface area contributed by atoms with E-state index in [9.17, 15) is 4.79 Å². The number of rotatable bonds is 1. The summed E-state index contributed by atoms with van der Waals surface area (Å²) < 4.78 is 0. The molecule has 1 aliphatic rings. The number of aromatic nitrogens is 1. The first-order valence-corrected chi connectivity index (χ1v) is 6.82. The van der Waals surface area contributed by atoms with Crippen molar-refractivity contribution >= 4 is 17.1 Å². The summed E-state index contributed by atoms with van der Waals surface area (Å²) in [5.41, 5.74) is 1.32. The number of ketones is 1. The second-order valence-corrected chi connectivity index (χ2v) is 6.52. The molecule has 0 saturated heterocycles. The van der Waals surface area contributed by atoms with Crippen molar-refractivity contribution in [3.8, 4) is 0 Å². The largest absolute Gasteiger partial charge is 0.300 e. The molecule has 1 fully saturated rings. The molecule has 0 spiro atoms. The van der Waals surface area contributed by atoms with Crippen LogP contribution >= 0.6 is 11.3 Å². The Morgan fingerprint density at radius 2 is 1.94 bits per heavy atom. The highest BCUT2D eigenvalue weighted by Gasteiger charge is 2.24. The minimum Gasteiger partial charge on any atom is -0.300 e. The van der Waals surface area contributed by atoms with Gasteiger partial charge in [-0.3, -0.25) is 4.79 Å². The molecule has 2 nitrogen and oxygen atoms in total. The van der Waals surface area contributed by atoms with Crippen LogP contribution in [-0.2, 0) is 10.2 Å². The maximum Gasteiger partial charge on any atom is 0.132 e. The summed E-state index contributed by atoms with van der Waals surface area (Å²) in [5, 5.41) is 3.41. The Balaban J connectivity index is 2.10.